The van der Waals surface area contributed by atoms with Gasteiger partial charge in [0.1, 0.15) is 12.4 Å². The number of aryl methyl sites for hydroxylation is 1. The molecule has 48 heavy (non-hydrogen) atoms. The molecule has 1 N–H and O–H groups in total. The van der Waals surface area contributed by atoms with Crippen LogP contribution in [-0.2, 0) is 29.0 Å². The summed E-state index contributed by atoms with van der Waals surface area (Å²) in [6.45, 7) is 0.883. The summed E-state index contributed by atoms with van der Waals surface area (Å²) in [5, 5.41) is 9.39. The number of ether oxygens (including phenoxy) is 3. The van der Waals surface area contributed by atoms with Gasteiger partial charge in [0.05, 0.1) is 25.0 Å². The summed E-state index contributed by atoms with van der Waals surface area (Å²) in [6.07, 6.45) is 5.17. The van der Waals surface area contributed by atoms with Gasteiger partial charge in [0, 0.05) is 18.1 Å². The Kier molecular flexibility index (Phi) is 12.4. The van der Waals surface area contributed by atoms with E-state index in [1.54, 1.807) is 12.1 Å². The number of aliphatic carboxylic acids is 1. The fourth-order valence-corrected chi connectivity index (χ4v) is 5.59. The molecule has 7 nitrogen and oxygen atoms in total. The van der Waals surface area contributed by atoms with E-state index >= 15 is 0 Å². The van der Waals surface area contributed by atoms with E-state index in [9.17, 15) is 14.7 Å². The number of carboxylic acid groups (broad SMARTS) is 1. The summed E-state index contributed by atoms with van der Waals surface area (Å²) in [5.41, 5.74) is 7.55. The van der Waals surface area contributed by atoms with Gasteiger partial charge in [0.15, 0.2) is 0 Å². The van der Waals surface area contributed by atoms with Crippen LogP contribution in [0.25, 0.3) is 22.4 Å². The maximum Gasteiger partial charge on any atom is 0.337 e. The zero-order valence-electron chi connectivity index (χ0n) is 27.3. The van der Waals surface area contributed by atoms with Crippen molar-refractivity contribution in [2.45, 2.75) is 51.6 Å². The molecule has 246 valence electrons. The van der Waals surface area contributed by atoms with Crippen LogP contribution in [0, 0.1) is 0 Å². The number of carbonyl (C=O) groups excluding carboxylic acids is 1. The maximum atomic E-state index is 11.7. The van der Waals surface area contributed by atoms with Crippen LogP contribution >= 0.6 is 0 Å². The third-order valence-electron chi connectivity index (χ3n) is 8.16. The number of nitrogens with zero attached hydrogens (tertiary/aromatic N) is 1. The number of benzene rings is 4. The van der Waals surface area contributed by atoms with Crippen LogP contribution in [-0.4, -0.2) is 35.7 Å². The molecule has 5 rings (SSSR count). The summed E-state index contributed by atoms with van der Waals surface area (Å²) in [5.74, 6) is 0.0874. The van der Waals surface area contributed by atoms with Crippen LogP contribution < -0.4 is 9.47 Å². The van der Waals surface area contributed by atoms with E-state index in [-0.39, 0.29) is 12.4 Å². The Morgan fingerprint density at radius 2 is 1.40 bits per heavy atom. The number of carbonyl (C=O) groups is 2. The predicted octanol–water partition coefficient (Wildman–Crippen LogP) is 8.98. The molecule has 0 atom stereocenters. The van der Waals surface area contributed by atoms with Crippen molar-refractivity contribution in [3.05, 3.63) is 138 Å². The van der Waals surface area contributed by atoms with Crippen molar-refractivity contribution in [1.82, 2.24) is 4.98 Å². The Balaban J connectivity index is 1.14. The molecule has 0 saturated heterocycles. The second kappa shape index (κ2) is 17.5. The van der Waals surface area contributed by atoms with Crippen LogP contribution in [0.4, 0.5) is 0 Å². The zero-order chi connectivity index (χ0) is 33.6. The van der Waals surface area contributed by atoms with Crippen LogP contribution in [0.15, 0.2) is 115 Å². The first-order valence-electron chi connectivity index (χ1n) is 16.4. The molecule has 0 aliphatic heterocycles. The van der Waals surface area contributed by atoms with Gasteiger partial charge in [-0.2, -0.15) is 0 Å². The van der Waals surface area contributed by atoms with Crippen LogP contribution in [0.5, 0.6) is 11.6 Å². The molecular weight excluding hydrogens is 602 g/mol. The Bertz CT molecular complexity index is 1710. The second-order valence-corrected chi connectivity index (χ2v) is 11.6. The lowest BCUT2D eigenvalue weighted by molar-refractivity contribution is -0.136. The molecule has 4 aromatic carbocycles. The largest absolute Gasteiger partial charge is 0.489 e. The quantitative estimate of drug-likeness (QED) is 0.0798. The second-order valence-electron chi connectivity index (χ2n) is 11.6. The first kappa shape index (κ1) is 33.9. The highest BCUT2D eigenvalue weighted by atomic mass is 16.5. The summed E-state index contributed by atoms with van der Waals surface area (Å²) in [4.78, 5) is 28.0. The van der Waals surface area contributed by atoms with Gasteiger partial charge >= 0.3 is 11.9 Å². The monoisotopic (exact) mass is 643 g/mol. The van der Waals surface area contributed by atoms with Crippen molar-refractivity contribution in [2.75, 3.05) is 13.7 Å². The van der Waals surface area contributed by atoms with Crippen LogP contribution in [0.3, 0.4) is 0 Å². The van der Waals surface area contributed by atoms with E-state index in [1.165, 1.54) is 7.11 Å². The van der Waals surface area contributed by atoms with Gasteiger partial charge in [-0.05, 0) is 77.8 Å². The number of methoxy groups -OCH3 is 1. The summed E-state index contributed by atoms with van der Waals surface area (Å²) in [6, 6.07) is 37.5. The highest BCUT2D eigenvalue weighted by Crippen LogP contribution is 2.29. The van der Waals surface area contributed by atoms with Crippen molar-refractivity contribution in [1.29, 1.82) is 0 Å². The van der Waals surface area contributed by atoms with Gasteiger partial charge in [-0.1, -0.05) is 97.8 Å². The first-order valence-corrected chi connectivity index (χ1v) is 16.4. The van der Waals surface area contributed by atoms with Crippen molar-refractivity contribution in [3.63, 3.8) is 0 Å². The number of hydrogen-bond acceptors (Lipinski definition) is 6. The topological polar surface area (TPSA) is 95.0 Å². The van der Waals surface area contributed by atoms with Gasteiger partial charge in [-0.3, -0.25) is 4.79 Å². The van der Waals surface area contributed by atoms with Gasteiger partial charge < -0.3 is 19.3 Å². The number of hydrogen-bond donors (Lipinski definition) is 1. The van der Waals surface area contributed by atoms with Crippen LogP contribution in [0.2, 0.25) is 0 Å². The molecule has 0 fully saturated rings. The number of aromatic nitrogens is 1. The van der Waals surface area contributed by atoms with Crippen molar-refractivity contribution in [2.24, 2.45) is 0 Å². The Labute approximate surface area is 282 Å². The third kappa shape index (κ3) is 9.79. The van der Waals surface area contributed by atoms with Crippen molar-refractivity contribution in [3.8, 4) is 34.0 Å². The molecule has 5 aromatic rings. The smallest absolute Gasteiger partial charge is 0.337 e. The van der Waals surface area contributed by atoms with Gasteiger partial charge in [0.2, 0.25) is 5.88 Å². The lowest BCUT2D eigenvalue weighted by atomic mass is 9.96. The number of esters is 1. The van der Waals surface area contributed by atoms with E-state index in [0.29, 0.717) is 36.8 Å². The molecule has 7 heteroatoms. The molecule has 0 amide bonds. The van der Waals surface area contributed by atoms with Gasteiger partial charge in [0.25, 0.3) is 0 Å². The Morgan fingerprint density at radius 1 is 0.688 bits per heavy atom. The van der Waals surface area contributed by atoms with E-state index in [0.717, 1.165) is 71.2 Å². The fraction of sp³-hybridized carbons (Fsp3) is 0.244. The minimum Gasteiger partial charge on any atom is -0.489 e. The minimum absolute atomic E-state index is 0.0318. The number of pyridine rings is 1. The molecule has 0 saturated carbocycles. The van der Waals surface area contributed by atoms with Crippen molar-refractivity contribution < 1.29 is 28.9 Å². The number of unbranched alkanes of at least 4 members (excludes halogenated alkanes) is 3. The van der Waals surface area contributed by atoms with Gasteiger partial charge in [-0.15, -0.1) is 0 Å². The van der Waals surface area contributed by atoms with E-state index in [4.69, 9.17) is 19.2 Å². The number of carboxylic acids is 1. The van der Waals surface area contributed by atoms with Gasteiger partial charge in [-0.25, -0.2) is 9.78 Å². The third-order valence-corrected chi connectivity index (χ3v) is 8.16. The highest BCUT2D eigenvalue weighted by Gasteiger charge is 2.13. The van der Waals surface area contributed by atoms with E-state index in [1.807, 2.05) is 66.7 Å². The summed E-state index contributed by atoms with van der Waals surface area (Å²) < 4.78 is 17.1. The standard InChI is InChI=1S/C41H41NO6/c1-46-41(45)34-22-20-30(21-23-34)29-48-38-19-12-18-32(36(38)24-25-40(43)44)15-6-2-3-11-26-47-39-28-35(31-13-7-4-8-14-31)27-37(42-39)33-16-9-5-10-17-33/h4-5,7-10,12-14,16-23,27-28H,2-3,6,11,15,24-26,29H2,1H3,(H,43,44). The molecule has 0 unspecified atom stereocenters. The lowest BCUT2D eigenvalue weighted by Crippen LogP contribution is -2.06. The minimum atomic E-state index is -0.839. The SMILES string of the molecule is COC(=O)c1ccc(COc2cccc(CCCCCCOc3cc(-c4ccccc4)cc(-c4ccccc4)n3)c2CCC(=O)O)cc1. The lowest BCUT2D eigenvalue weighted by Gasteiger charge is -2.16. The molecule has 1 aromatic heterocycles. The summed E-state index contributed by atoms with van der Waals surface area (Å²) >= 11 is 0. The van der Waals surface area contributed by atoms with Crippen molar-refractivity contribution >= 4 is 11.9 Å². The van der Waals surface area contributed by atoms with E-state index in [2.05, 4.69) is 36.4 Å². The molecule has 0 radical (unpaired) electrons. The fourth-order valence-electron chi connectivity index (χ4n) is 5.59. The normalized spacial score (nSPS) is 10.8. The molecule has 0 bridgehead atoms. The molecule has 1 heterocycles. The van der Waals surface area contributed by atoms with Crippen LogP contribution in [0.1, 0.15) is 59.2 Å². The Morgan fingerprint density at radius 3 is 2.10 bits per heavy atom. The highest BCUT2D eigenvalue weighted by molar-refractivity contribution is 5.89. The number of rotatable bonds is 17. The van der Waals surface area contributed by atoms with E-state index < -0.39 is 5.97 Å². The first-order chi connectivity index (χ1) is 23.5. The molecule has 0 aliphatic carbocycles. The predicted molar refractivity (Wildman–Crippen MR) is 187 cm³/mol. The maximum absolute atomic E-state index is 11.7. The average Bonchev–Trinajstić information content (AvgIpc) is 3.13. The Hall–Kier alpha value is -5.43. The average molecular weight is 644 g/mol. The summed E-state index contributed by atoms with van der Waals surface area (Å²) in [7, 11) is 1.35. The zero-order valence-corrected chi connectivity index (χ0v) is 27.3. The molecule has 0 spiro atoms. The molecule has 0 aliphatic rings. The molecular formula is C41H41NO6.